The third-order valence-corrected chi connectivity index (χ3v) is 4.33. The first-order valence-electron chi connectivity index (χ1n) is 9.24. The fourth-order valence-electron chi connectivity index (χ4n) is 2.69. The number of nitrogens with one attached hydrogen (secondary N) is 2. The number of hydrogen-bond donors (Lipinski definition) is 2. The molecule has 1 fully saturated rings. The minimum absolute atomic E-state index is 0.386. The van der Waals surface area contributed by atoms with Crippen molar-refractivity contribution in [1.82, 2.24) is 10.2 Å². The second kappa shape index (κ2) is 11.7. The third kappa shape index (κ3) is 8.73. The van der Waals surface area contributed by atoms with E-state index in [0.29, 0.717) is 18.4 Å². The average molecular weight is 346 g/mol. The molecule has 4 heteroatoms. The molecule has 0 aromatic heterocycles. The molecule has 0 amide bonds. The summed E-state index contributed by atoms with van der Waals surface area (Å²) in [7, 11) is 0. The molecule has 1 saturated heterocycles. The molecule has 1 atom stereocenters. The maximum atomic E-state index is 7.99. The second-order valence-corrected chi connectivity index (χ2v) is 6.84. The Morgan fingerprint density at radius 2 is 2.00 bits per heavy atom. The molecule has 2 N–H and O–H groups in total. The van der Waals surface area contributed by atoms with Crippen LogP contribution in [0.15, 0.2) is 48.9 Å². The Balaban J connectivity index is 2.00. The van der Waals surface area contributed by atoms with Crippen molar-refractivity contribution in [2.45, 2.75) is 46.0 Å². The quantitative estimate of drug-likeness (QED) is 0.378. The lowest BCUT2D eigenvalue weighted by Gasteiger charge is -2.21. The number of rotatable bonds is 13. The minimum atomic E-state index is 0.386. The zero-order valence-electron chi connectivity index (χ0n) is 16.1. The first kappa shape index (κ1) is 21.2. The van der Waals surface area contributed by atoms with Gasteiger partial charge in [0, 0.05) is 43.2 Å². The van der Waals surface area contributed by atoms with Gasteiger partial charge in [-0.1, -0.05) is 37.8 Å². The van der Waals surface area contributed by atoms with Crippen molar-refractivity contribution >= 4 is 5.84 Å². The highest BCUT2D eigenvalue weighted by atomic mass is 16.5. The van der Waals surface area contributed by atoms with E-state index in [1.165, 1.54) is 5.57 Å². The Kier molecular flexibility index (Phi) is 9.93. The lowest BCUT2D eigenvalue weighted by molar-refractivity contribution is 0.142. The van der Waals surface area contributed by atoms with Crippen molar-refractivity contribution in [3.05, 3.63) is 48.9 Å². The Labute approximate surface area is 153 Å². The molecule has 0 aromatic carbocycles. The van der Waals surface area contributed by atoms with Crippen molar-refractivity contribution in [2.75, 3.05) is 26.3 Å². The number of ether oxygens (including phenoxy) is 1. The summed E-state index contributed by atoms with van der Waals surface area (Å²) in [5.74, 6) is 1.06. The summed E-state index contributed by atoms with van der Waals surface area (Å²) in [4.78, 5) is 2.01. The molecule has 0 aliphatic carbocycles. The van der Waals surface area contributed by atoms with Gasteiger partial charge in [-0.05, 0) is 26.2 Å². The zero-order valence-corrected chi connectivity index (χ0v) is 16.1. The molecular formula is C21H35N3O. The third-order valence-electron chi connectivity index (χ3n) is 4.33. The van der Waals surface area contributed by atoms with E-state index in [9.17, 15) is 0 Å². The smallest absolute Gasteiger partial charge is 0.101 e. The SMILES string of the molecule is C=C(C)CC/C=C\CCOCCNC(=C)CCN1C(=C)C(C)CC1=N. The number of amidine groups is 1. The fraction of sp³-hybridized carbons (Fsp3) is 0.571. The van der Waals surface area contributed by atoms with Crippen LogP contribution in [-0.2, 0) is 4.74 Å². The van der Waals surface area contributed by atoms with E-state index in [1.54, 1.807) is 0 Å². The van der Waals surface area contributed by atoms with Crippen LogP contribution in [0.1, 0.15) is 46.0 Å². The van der Waals surface area contributed by atoms with Crippen molar-refractivity contribution in [3.63, 3.8) is 0 Å². The van der Waals surface area contributed by atoms with E-state index in [2.05, 4.69) is 51.1 Å². The van der Waals surface area contributed by atoms with Gasteiger partial charge in [0.15, 0.2) is 0 Å². The van der Waals surface area contributed by atoms with Gasteiger partial charge in [0.1, 0.15) is 5.84 Å². The molecule has 1 rings (SSSR count). The predicted molar refractivity (Wildman–Crippen MR) is 108 cm³/mol. The molecule has 0 aromatic rings. The lowest BCUT2D eigenvalue weighted by atomic mass is 10.1. The van der Waals surface area contributed by atoms with Crippen LogP contribution in [0, 0.1) is 11.3 Å². The summed E-state index contributed by atoms with van der Waals surface area (Å²) >= 11 is 0. The summed E-state index contributed by atoms with van der Waals surface area (Å²) in [6, 6.07) is 0. The summed E-state index contributed by atoms with van der Waals surface area (Å²) in [5, 5.41) is 11.3. The first-order chi connectivity index (χ1) is 11.9. The van der Waals surface area contributed by atoms with E-state index in [-0.39, 0.29) is 0 Å². The monoisotopic (exact) mass is 345 g/mol. The van der Waals surface area contributed by atoms with Crippen LogP contribution < -0.4 is 5.32 Å². The van der Waals surface area contributed by atoms with Gasteiger partial charge in [-0.2, -0.15) is 0 Å². The molecule has 0 spiro atoms. The lowest BCUT2D eigenvalue weighted by Crippen LogP contribution is -2.27. The van der Waals surface area contributed by atoms with E-state index in [1.807, 2.05) is 4.90 Å². The number of allylic oxidation sites excluding steroid dienone is 3. The van der Waals surface area contributed by atoms with Gasteiger partial charge in [-0.15, -0.1) is 6.58 Å². The molecule has 0 saturated carbocycles. The molecular weight excluding hydrogens is 310 g/mol. The van der Waals surface area contributed by atoms with Crippen molar-refractivity contribution < 1.29 is 4.74 Å². The van der Waals surface area contributed by atoms with Gasteiger partial charge in [0.25, 0.3) is 0 Å². The van der Waals surface area contributed by atoms with Crippen LogP contribution in [-0.4, -0.2) is 37.0 Å². The molecule has 140 valence electrons. The van der Waals surface area contributed by atoms with E-state index >= 15 is 0 Å². The average Bonchev–Trinajstić information content (AvgIpc) is 2.79. The second-order valence-electron chi connectivity index (χ2n) is 6.84. The van der Waals surface area contributed by atoms with Gasteiger partial charge in [-0.3, -0.25) is 5.41 Å². The van der Waals surface area contributed by atoms with Gasteiger partial charge < -0.3 is 15.0 Å². The van der Waals surface area contributed by atoms with E-state index in [4.69, 9.17) is 10.1 Å². The Bertz CT molecular complexity index is 507. The fourth-order valence-corrected chi connectivity index (χ4v) is 2.69. The highest BCUT2D eigenvalue weighted by Crippen LogP contribution is 2.27. The predicted octanol–water partition coefficient (Wildman–Crippen LogP) is 4.63. The van der Waals surface area contributed by atoms with E-state index < -0.39 is 0 Å². The normalized spacial score (nSPS) is 17.5. The molecule has 1 unspecified atom stereocenters. The summed E-state index contributed by atoms with van der Waals surface area (Å²) in [6.45, 7) is 19.2. The molecule has 1 aliphatic heterocycles. The Morgan fingerprint density at radius 3 is 2.64 bits per heavy atom. The maximum Gasteiger partial charge on any atom is 0.101 e. The molecule has 1 aliphatic rings. The van der Waals surface area contributed by atoms with Gasteiger partial charge in [0.2, 0.25) is 0 Å². The van der Waals surface area contributed by atoms with Crippen molar-refractivity contribution in [3.8, 4) is 0 Å². The van der Waals surface area contributed by atoms with E-state index in [0.717, 1.165) is 63.2 Å². The maximum absolute atomic E-state index is 7.99. The van der Waals surface area contributed by atoms with Crippen LogP contribution in [0.4, 0.5) is 0 Å². The minimum Gasteiger partial charge on any atom is -0.386 e. The summed E-state index contributed by atoms with van der Waals surface area (Å²) < 4.78 is 5.61. The molecule has 0 bridgehead atoms. The van der Waals surface area contributed by atoms with Crippen LogP contribution in [0.3, 0.4) is 0 Å². The molecule has 0 radical (unpaired) electrons. The standard InChI is InChI=1S/C21H35N3O/c1-17(2)10-8-6-7-9-14-25-15-12-23-19(4)11-13-24-20(5)18(3)16-21(24)22/h6-7,18,22-23H,1,4-5,8-16H2,2-3H3/b7-6-,22-21?. The summed E-state index contributed by atoms with van der Waals surface area (Å²) in [5.41, 5.74) is 3.27. The van der Waals surface area contributed by atoms with Crippen molar-refractivity contribution in [1.29, 1.82) is 5.41 Å². The number of nitrogens with zero attached hydrogens (tertiary/aromatic N) is 1. The van der Waals surface area contributed by atoms with Gasteiger partial charge in [0.05, 0.1) is 13.2 Å². The number of hydrogen-bond acceptors (Lipinski definition) is 3. The van der Waals surface area contributed by atoms with Crippen molar-refractivity contribution in [2.24, 2.45) is 5.92 Å². The molecule has 4 nitrogen and oxygen atoms in total. The van der Waals surface area contributed by atoms with Crippen LogP contribution >= 0.6 is 0 Å². The Hall–Kier alpha value is -1.81. The highest BCUT2D eigenvalue weighted by Gasteiger charge is 2.27. The topological polar surface area (TPSA) is 48.4 Å². The summed E-state index contributed by atoms with van der Waals surface area (Å²) in [6.07, 6.45) is 9.07. The number of likely N-dealkylation sites (tertiary alicyclic amines) is 1. The van der Waals surface area contributed by atoms with Gasteiger partial charge >= 0.3 is 0 Å². The largest absolute Gasteiger partial charge is 0.386 e. The zero-order chi connectivity index (χ0) is 18.7. The van der Waals surface area contributed by atoms with Crippen LogP contribution in [0.25, 0.3) is 0 Å². The van der Waals surface area contributed by atoms with Crippen LogP contribution in [0.5, 0.6) is 0 Å². The first-order valence-corrected chi connectivity index (χ1v) is 9.24. The van der Waals surface area contributed by atoms with Gasteiger partial charge in [-0.25, -0.2) is 0 Å². The highest BCUT2D eigenvalue weighted by molar-refractivity contribution is 5.84. The van der Waals surface area contributed by atoms with Crippen LogP contribution in [0.2, 0.25) is 0 Å². The molecule has 1 heterocycles. The Morgan fingerprint density at radius 1 is 1.28 bits per heavy atom. The molecule has 25 heavy (non-hydrogen) atoms.